The molecule has 7 nitrogen and oxygen atoms in total. The summed E-state index contributed by atoms with van der Waals surface area (Å²) in [6, 6.07) is 16.4. The Bertz CT molecular complexity index is 1380. The number of hydrogen-bond acceptors (Lipinski definition) is 5. The van der Waals surface area contributed by atoms with Crippen molar-refractivity contribution in [2.45, 2.75) is 30.5 Å². The lowest BCUT2D eigenvalue weighted by Gasteiger charge is -2.18. The van der Waals surface area contributed by atoms with Crippen molar-refractivity contribution in [3.8, 4) is 22.6 Å². The number of benzene rings is 2. The van der Waals surface area contributed by atoms with E-state index < -0.39 is 14.9 Å². The molecule has 0 radical (unpaired) electrons. The minimum absolute atomic E-state index is 0.217. The number of fused-ring (bicyclic) bond motifs is 1. The zero-order chi connectivity index (χ0) is 23.8. The zero-order valence-corrected chi connectivity index (χ0v) is 20.7. The van der Waals surface area contributed by atoms with E-state index in [9.17, 15) is 8.42 Å². The maximum absolute atomic E-state index is 12.8. The normalized spacial score (nSPS) is 12.2. The first-order valence-corrected chi connectivity index (χ1v) is 12.8. The first kappa shape index (κ1) is 23.6. The number of rotatable bonds is 7. The van der Waals surface area contributed by atoms with E-state index in [-0.39, 0.29) is 10.7 Å². The summed E-state index contributed by atoms with van der Waals surface area (Å²) in [5.74, 6) is 0.711. The van der Waals surface area contributed by atoms with E-state index in [1.54, 1.807) is 28.8 Å². The Morgan fingerprint density at radius 2 is 1.55 bits per heavy atom. The highest BCUT2D eigenvalue weighted by Crippen LogP contribution is 2.29. The van der Waals surface area contributed by atoms with E-state index in [0.717, 1.165) is 16.8 Å². The summed E-state index contributed by atoms with van der Waals surface area (Å²) in [5.41, 5.74) is 4.01. The second-order valence-corrected chi connectivity index (χ2v) is 10.5. The summed E-state index contributed by atoms with van der Waals surface area (Å²) in [4.78, 5) is 8.26. The van der Waals surface area contributed by atoms with E-state index in [1.165, 1.54) is 4.31 Å². The lowest BCUT2D eigenvalue weighted by Crippen LogP contribution is -2.30. The van der Waals surface area contributed by atoms with Gasteiger partial charge in [-0.1, -0.05) is 66.9 Å². The fourth-order valence-electron chi connectivity index (χ4n) is 3.54. The summed E-state index contributed by atoms with van der Waals surface area (Å²) < 4.78 is 28.7. The highest BCUT2D eigenvalue weighted by atomic mass is 35.5. The van der Waals surface area contributed by atoms with E-state index in [0.29, 0.717) is 30.1 Å². The fourth-order valence-corrected chi connectivity index (χ4v) is 5.20. The zero-order valence-electron chi connectivity index (χ0n) is 18.4. The molecule has 0 amide bonds. The van der Waals surface area contributed by atoms with Gasteiger partial charge in [0.15, 0.2) is 22.1 Å². The smallest absolute Gasteiger partial charge is 0.211 e. The third kappa shape index (κ3) is 4.61. The third-order valence-corrected chi connectivity index (χ3v) is 7.79. The van der Waals surface area contributed by atoms with Crippen molar-refractivity contribution in [2.75, 3.05) is 13.1 Å². The maximum Gasteiger partial charge on any atom is 0.243 e. The highest BCUT2D eigenvalue weighted by molar-refractivity contribution is 7.89. The molecular formula is C23H23Cl2N5O2S. The Morgan fingerprint density at radius 3 is 2.12 bits per heavy atom. The minimum Gasteiger partial charge on any atom is -0.211 e. The van der Waals surface area contributed by atoms with Gasteiger partial charge in [-0.3, -0.25) is 0 Å². The van der Waals surface area contributed by atoms with Crippen LogP contribution in [0.3, 0.4) is 0 Å². The molecule has 2 aromatic carbocycles. The van der Waals surface area contributed by atoms with Crippen LogP contribution in [0.25, 0.3) is 28.3 Å². The molecule has 4 aromatic rings. The lowest BCUT2D eigenvalue weighted by molar-refractivity contribution is 0.445. The number of hydrogen-bond donors (Lipinski definition) is 0. The molecule has 0 saturated carbocycles. The van der Waals surface area contributed by atoms with Crippen LogP contribution in [0.2, 0.25) is 0 Å². The van der Waals surface area contributed by atoms with E-state index in [1.807, 2.05) is 51.1 Å². The van der Waals surface area contributed by atoms with Gasteiger partial charge in [0.2, 0.25) is 10.0 Å². The molecule has 0 bridgehead atoms. The Labute approximate surface area is 203 Å². The molecule has 0 fully saturated rings. The predicted octanol–water partition coefficient (Wildman–Crippen LogP) is 5.27. The van der Waals surface area contributed by atoms with Crippen LogP contribution >= 0.6 is 23.2 Å². The largest absolute Gasteiger partial charge is 0.243 e. The van der Waals surface area contributed by atoms with Gasteiger partial charge in [0.25, 0.3) is 0 Å². The van der Waals surface area contributed by atoms with Crippen LogP contribution in [0.1, 0.15) is 30.1 Å². The van der Waals surface area contributed by atoms with Gasteiger partial charge in [-0.05, 0) is 31.2 Å². The standard InChI is InChI=1S/C23H23Cl2N5O2S/c1-4-29(5-2)33(31,32)18-12-10-17(11-13-18)23-27-22(21(24)25)26-20-14-19(28-30(20)23)16-8-6-15(3)7-9-16/h6-14,21H,4-5H2,1-3H3. The molecule has 0 atom stereocenters. The van der Waals surface area contributed by atoms with Gasteiger partial charge in [0, 0.05) is 30.3 Å². The van der Waals surface area contributed by atoms with Gasteiger partial charge in [-0.25, -0.2) is 18.4 Å². The van der Waals surface area contributed by atoms with Crippen LogP contribution < -0.4 is 0 Å². The van der Waals surface area contributed by atoms with Crippen LogP contribution in [0.15, 0.2) is 59.5 Å². The molecule has 0 N–H and O–H groups in total. The lowest BCUT2D eigenvalue weighted by atomic mass is 10.1. The second-order valence-electron chi connectivity index (χ2n) is 7.49. The highest BCUT2D eigenvalue weighted by Gasteiger charge is 2.22. The molecule has 10 heteroatoms. The number of nitrogens with zero attached hydrogens (tertiary/aromatic N) is 5. The molecule has 4 rings (SSSR count). The van der Waals surface area contributed by atoms with Crippen molar-refractivity contribution in [1.82, 2.24) is 23.9 Å². The van der Waals surface area contributed by atoms with Gasteiger partial charge < -0.3 is 0 Å². The van der Waals surface area contributed by atoms with Gasteiger partial charge in [-0.15, -0.1) is 0 Å². The Hall–Kier alpha value is -2.52. The summed E-state index contributed by atoms with van der Waals surface area (Å²) in [5, 5.41) is 4.69. The molecule has 0 unspecified atom stereocenters. The SMILES string of the molecule is CCN(CC)S(=O)(=O)c1ccc(-c2nc(C(Cl)Cl)nc3cc(-c4ccc(C)cc4)nn23)cc1. The van der Waals surface area contributed by atoms with E-state index >= 15 is 0 Å². The Balaban J connectivity index is 1.83. The monoisotopic (exact) mass is 503 g/mol. The molecule has 0 saturated heterocycles. The second kappa shape index (κ2) is 9.38. The van der Waals surface area contributed by atoms with Crippen LogP contribution in [-0.4, -0.2) is 45.4 Å². The number of aromatic nitrogens is 4. The van der Waals surface area contributed by atoms with Crippen LogP contribution in [0.4, 0.5) is 0 Å². The Morgan fingerprint density at radius 1 is 0.939 bits per heavy atom. The molecule has 2 aromatic heterocycles. The van der Waals surface area contributed by atoms with Gasteiger partial charge in [0.05, 0.1) is 10.6 Å². The molecular weight excluding hydrogens is 481 g/mol. The average Bonchev–Trinajstić information content (AvgIpc) is 3.24. The number of halogens is 2. The summed E-state index contributed by atoms with van der Waals surface area (Å²) >= 11 is 12.2. The summed E-state index contributed by atoms with van der Waals surface area (Å²) in [7, 11) is -3.56. The molecule has 0 aliphatic rings. The van der Waals surface area contributed by atoms with Crippen molar-refractivity contribution in [2.24, 2.45) is 0 Å². The van der Waals surface area contributed by atoms with Gasteiger partial charge >= 0.3 is 0 Å². The van der Waals surface area contributed by atoms with Crippen molar-refractivity contribution in [1.29, 1.82) is 0 Å². The topological polar surface area (TPSA) is 80.5 Å². The fraction of sp³-hybridized carbons (Fsp3) is 0.261. The number of aryl methyl sites for hydroxylation is 1. The van der Waals surface area contributed by atoms with E-state index in [2.05, 4.69) is 9.97 Å². The molecule has 0 spiro atoms. The minimum atomic E-state index is -3.56. The Kier molecular flexibility index (Phi) is 6.72. The van der Waals surface area contributed by atoms with Crippen molar-refractivity contribution < 1.29 is 8.42 Å². The molecule has 2 heterocycles. The van der Waals surface area contributed by atoms with Crippen LogP contribution in [-0.2, 0) is 10.0 Å². The van der Waals surface area contributed by atoms with Gasteiger partial charge in [-0.2, -0.15) is 13.9 Å². The van der Waals surface area contributed by atoms with Crippen molar-refractivity contribution in [3.05, 3.63) is 66.0 Å². The third-order valence-electron chi connectivity index (χ3n) is 5.34. The predicted molar refractivity (Wildman–Crippen MR) is 131 cm³/mol. The van der Waals surface area contributed by atoms with Crippen LogP contribution in [0.5, 0.6) is 0 Å². The number of sulfonamides is 1. The number of alkyl halides is 2. The molecule has 33 heavy (non-hydrogen) atoms. The van der Waals surface area contributed by atoms with Gasteiger partial charge in [0.1, 0.15) is 0 Å². The van der Waals surface area contributed by atoms with E-state index in [4.69, 9.17) is 28.3 Å². The van der Waals surface area contributed by atoms with Crippen LogP contribution in [0, 0.1) is 6.92 Å². The molecule has 172 valence electrons. The van der Waals surface area contributed by atoms with Crippen molar-refractivity contribution >= 4 is 38.9 Å². The summed E-state index contributed by atoms with van der Waals surface area (Å²) in [6.07, 6.45) is 0. The first-order chi connectivity index (χ1) is 15.7. The molecule has 0 aliphatic heterocycles. The van der Waals surface area contributed by atoms with Crippen molar-refractivity contribution in [3.63, 3.8) is 0 Å². The maximum atomic E-state index is 12.8. The molecule has 0 aliphatic carbocycles. The average molecular weight is 504 g/mol. The quantitative estimate of drug-likeness (QED) is 0.320. The summed E-state index contributed by atoms with van der Waals surface area (Å²) in [6.45, 7) is 6.45. The first-order valence-electron chi connectivity index (χ1n) is 10.5.